The Kier molecular flexibility index (Phi) is 7.78. The highest BCUT2D eigenvalue weighted by Crippen LogP contribution is 2.50. The maximum atomic E-state index is 2.49. The zero-order valence-corrected chi connectivity index (χ0v) is 33.9. The van der Waals surface area contributed by atoms with E-state index in [-0.39, 0.29) is 11.3 Å². The molecule has 0 radical (unpaired) electrons. The first-order valence-electron chi connectivity index (χ1n) is 21.3. The Labute approximate surface area is 351 Å². The van der Waals surface area contributed by atoms with E-state index in [4.69, 9.17) is 0 Å². The summed E-state index contributed by atoms with van der Waals surface area (Å²) in [5, 5.41) is 5.18. The van der Waals surface area contributed by atoms with E-state index in [1.165, 1.54) is 110 Å². The molecule has 3 aliphatic rings. The van der Waals surface area contributed by atoms with E-state index < -0.39 is 0 Å². The van der Waals surface area contributed by atoms with Crippen LogP contribution in [0.4, 0.5) is 0 Å². The fourth-order valence-electron chi connectivity index (χ4n) is 10.7. The summed E-state index contributed by atoms with van der Waals surface area (Å²) in [6.45, 7) is 4.76. The van der Waals surface area contributed by atoms with E-state index >= 15 is 0 Å². The van der Waals surface area contributed by atoms with Gasteiger partial charge < -0.3 is 4.57 Å². The van der Waals surface area contributed by atoms with Gasteiger partial charge in [-0.25, -0.2) is 0 Å². The maximum Gasteiger partial charge on any atom is 0.0541 e. The first-order valence-corrected chi connectivity index (χ1v) is 21.3. The number of allylic oxidation sites excluding steroid dienone is 4. The van der Waals surface area contributed by atoms with Gasteiger partial charge >= 0.3 is 0 Å². The zero-order chi connectivity index (χ0) is 40.0. The van der Waals surface area contributed by atoms with Crippen LogP contribution in [0.3, 0.4) is 0 Å². The second-order valence-corrected chi connectivity index (χ2v) is 17.2. The van der Waals surface area contributed by atoms with Crippen molar-refractivity contribution in [1.29, 1.82) is 0 Å². The molecular weight excluding hydrogens is 723 g/mol. The summed E-state index contributed by atoms with van der Waals surface area (Å²) < 4.78 is 2.44. The van der Waals surface area contributed by atoms with Gasteiger partial charge in [0.05, 0.1) is 11.0 Å². The highest BCUT2D eigenvalue weighted by molar-refractivity contribution is 6.10. The molecule has 0 aliphatic heterocycles. The molecule has 284 valence electrons. The monoisotopic (exact) mass is 765 g/mol. The van der Waals surface area contributed by atoms with Gasteiger partial charge in [0.25, 0.3) is 0 Å². The molecule has 1 aromatic heterocycles. The number of aromatic nitrogens is 1. The average Bonchev–Trinajstić information content (AvgIpc) is 3.76. The van der Waals surface area contributed by atoms with Gasteiger partial charge in [-0.1, -0.05) is 178 Å². The summed E-state index contributed by atoms with van der Waals surface area (Å²) in [4.78, 5) is 0. The molecule has 0 saturated heterocycles. The van der Waals surface area contributed by atoms with Crippen LogP contribution >= 0.6 is 0 Å². The first-order chi connectivity index (χ1) is 29.5. The summed E-state index contributed by atoms with van der Waals surface area (Å²) in [5.41, 5.74) is 20.8. The van der Waals surface area contributed by atoms with E-state index in [1.54, 1.807) is 0 Å². The summed E-state index contributed by atoms with van der Waals surface area (Å²) in [7, 11) is 0. The molecule has 8 aromatic carbocycles. The third-order valence-corrected chi connectivity index (χ3v) is 13.6. The minimum absolute atomic E-state index is 0.0525. The second kappa shape index (κ2) is 13.4. The summed E-state index contributed by atoms with van der Waals surface area (Å²) >= 11 is 0. The van der Waals surface area contributed by atoms with E-state index in [0.717, 1.165) is 6.42 Å². The molecule has 0 bridgehead atoms. The van der Waals surface area contributed by atoms with E-state index in [2.05, 4.69) is 225 Å². The predicted molar refractivity (Wildman–Crippen MR) is 252 cm³/mol. The van der Waals surface area contributed by atoms with Crippen LogP contribution in [0.15, 0.2) is 212 Å². The molecule has 1 atom stereocenters. The lowest BCUT2D eigenvalue weighted by Gasteiger charge is -2.31. The number of para-hydroxylation sites is 1. The SMILES string of the molecule is CC1(C)c2ccccc2-c2ccc(C3=c4ccccc4=C(c4ccc(-n5c6ccccc6c6cc(-c7cccc(-c8ccccc8)c7)ccc65)cc4)C4CC=CC=C34)cc21. The number of rotatable bonds is 5. The molecule has 12 rings (SSSR count). The van der Waals surface area contributed by atoms with E-state index in [0.29, 0.717) is 0 Å². The molecule has 1 heteroatoms. The van der Waals surface area contributed by atoms with Gasteiger partial charge in [0, 0.05) is 27.8 Å². The fourth-order valence-corrected chi connectivity index (χ4v) is 10.7. The maximum absolute atomic E-state index is 2.49. The first kappa shape index (κ1) is 34.8. The van der Waals surface area contributed by atoms with E-state index in [9.17, 15) is 0 Å². The molecule has 0 amide bonds. The largest absolute Gasteiger partial charge is 0.309 e. The number of fused-ring (bicyclic) bond motifs is 8. The van der Waals surface area contributed by atoms with Crippen molar-refractivity contribution >= 4 is 33.0 Å². The Morgan fingerprint density at radius 2 is 1.12 bits per heavy atom. The number of hydrogen-bond acceptors (Lipinski definition) is 0. The van der Waals surface area contributed by atoms with Gasteiger partial charge in [-0.05, 0) is 132 Å². The highest BCUT2D eigenvalue weighted by Gasteiger charge is 2.36. The van der Waals surface area contributed by atoms with Gasteiger partial charge in [-0.3, -0.25) is 0 Å². The molecule has 0 saturated carbocycles. The van der Waals surface area contributed by atoms with Crippen LogP contribution in [-0.4, -0.2) is 4.57 Å². The van der Waals surface area contributed by atoms with Gasteiger partial charge in [-0.15, -0.1) is 0 Å². The molecule has 0 N–H and O–H groups in total. The average molecular weight is 766 g/mol. The third-order valence-electron chi connectivity index (χ3n) is 13.6. The van der Waals surface area contributed by atoms with Crippen molar-refractivity contribution in [2.75, 3.05) is 0 Å². The van der Waals surface area contributed by atoms with E-state index in [1.807, 2.05) is 0 Å². The molecule has 1 unspecified atom stereocenters. The molecule has 60 heavy (non-hydrogen) atoms. The molecule has 0 fully saturated rings. The Morgan fingerprint density at radius 3 is 1.98 bits per heavy atom. The van der Waals surface area contributed by atoms with Crippen LogP contribution in [0.1, 0.15) is 42.5 Å². The van der Waals surface area contributed by atoms with Gasteiger partial charge in [0.15, 0.2) is 0 Å². The minimum atomic E-state index is -0.0525. The molecule has 3 aliphatic carbocycles. The zero-order valence-electron chi connectivity index (χ0n) is 33.9. The van der Waals surface area contributed by atoms with Crippen LogP contribution in [-0.2, 0) is 5.41 Å². The highest BCUT2D eigenvalue weighted by atomic mass is 15.0. The van der Waals surface area contributed by atoms with Crippen molar-refractivity contribution in [3.63, 3.8) is 0 Å². The van der Waals surface area contributed by atoms with Crippen molar-refractivity contribution in [3.8, 4) is 39.1 Å². The second-order valence-electron chi connectivity index (χ2n) is 17.2. The van der Waals surface area contributed by atoms with Crippen LogP contribution in [0.5, 0.6) is 0 Å². The van der Waals surface area contributed by atoms with Crippen molar-refractivity contribution < 1.29 is 0 Å². The Hall–Kier alpha value is -7.22. The lowest BCUT2D eigenvalue weighted by Crippen LogP contribution is -2.37. The molecular formula is C59H43N. The Bertz CT molecular complexity index is 3410. The number of nitrogens with zero attached hydrogens (tertiary/aromatic N) is 1. The van der Waals surface area contributed by atoms with Gasteiger partial charge in [0.1, 0.15) is 0 Å². The minimum Gasteiger partial charge on any atom is -0.309 e. The molecule has 9 aromatic rings. The topological polar surface area (TPSA) is 4.93 Å². The molecule has 0 spiro atoms. The lowest BCUT2D eigenvalue weighted by molar-refractivity contribution is 0.660. The summed E-state index contributed by atoms with van der Waals surface area (Å²) in [6, 6.07) is 70.0. The summed E-state index contributed by atoms with van der Waals surface area (Å²) in [6.07, 6.45) is 7.97. The lowest BCUT2D eigenvalue weighted by atomic mass is 9.72. The molecule has 1 nitrogen and oxygen atoms in total. The summed E-state index contributed by atoms with van der Waals surface area (Å²) in [5.74, 6) is 0.260. The normalized spacial score (nSPS) is 16.0. The molecule has 1 heterocycles. The number of hydrogen-bond donors (Lipinski definition) is 0. The Balaban J connectivity index is 0.982. The predicted octanol–water partition coefficient (Wildman–Crippen LogP) is 13.3. The van der Waals surface area contributed by atoms with Crippen molar-refractivity contribution in [1.82, 2.24) is 4.57 Å². The van der Waals surface area contributed by atoms with Gasteiger partial charge in [-0.2, -0.15) is 0 Å². The number of benzene rings is 8. The van der Waals surface area contributed by atoms with Crippen LogP contribution in [0, 0.1) is 5.92 Å². The smallest absolute Gasteiger partial charge is 0.0541 e. The van der Waals surface area contributed by atoms with Crippen molar-refractivity contribution in [2.45, 2.75) is 25.7 Å². The standard InChI is InChI=1S/C59H43N/c1-59(2)53-25-12-10-19-45(53)46-33-29-43(37-54(46)59)58-50-23-8-6-21-48(50)57(49-22-7-9-24-51(49)58)39-27-31-44(32-28-39)60-55-26-13-11-20-47(55)52-36-42(30-34-56(52)60)41-18-14-17-40(35-41)38-15-4-3-5-16-38/h3-21,23-37,49H,22H2,1-2H3. The third kappa shape index (κ3) is 5.25. The Morgan fingerprint density at radius 1 is 0.467 bits per heavy atom. The fraction of sp³-hybridized carbons (Fsp3) is 0.0847. The van der Waals surface area contributed by atoms with Crippen LogP contribution in [0.25, 0.3) is 72.0 Å². The van der Waals surface area contributed by atoms with Crippen molar-refractivity contribution in [2.24, 2.45) is 5.92 Å². The van der Waals surface area contributed by atoms with Crippen molar-refractivity contribution in [3.05, 3.63) is 245 Å². The van der Waals surface area contributed by atoms with Gasteiger partial charge in [0.2, 0.25) is 0 Å². The quantitative estimate of drug-likeness (QED) is 0.164. The van der Waals surface area contributed by atoms with Crippen LogP contribution in [0.2, 0.25) is 0 Å². The van der Waals surface area contributed by atoms with Crippen LogP contribution < -0.4 is 10.4 Å².